The molecule has 1 fully saturated rings. The van der Waals surface area contributed by atoms with Gasteiger partial charge in [-0.2, -0.15) is 0 Å². The fourth-order valence-electron chi connectivity index (χ4n) is 4.09. The van der Waals surface area contributed by atoms with Gasteiger partial charge in [0.2, 0.25) is 0 Å². The Labute approximate surface area is 157 Å². The van der Waals surface area contributed by atoms with Crippen molar-refractivity contribution in [1.29, 1.82) is 0 Å². The van der Waals surface area contributed by atoms with Crippen LogP contribution in [0, 0.1) is 19.1 Å². The molecule has 1 aliphatic carbocycles. The highest BCUT2D eigenvalue weighted by Crippen LogP contribution is 2.36. The largest absolute Gasteiger partial charge is 0.711 e. The molecule has 0 saturated heterocycles. The Morgan fingerprint density at radius 2 is 1.78 bits per heavy atom. The van der Waals surface area contributed by atoms with E-state index in [2.05, 4.69) is 0 Å². The van der Waals surface area contributed by atoms with Crippen molar-refractivity contribution < 1.29 is 24.5 Å². The fourth-order valence-corrected chi connectivity index (χ4v) is 4.09. The molecule has 1 heterocycles. The minimum absolute atomic E-state index is 0.126. The van der Waals surface area contributed by atoms with Crippen LogP contribution in [0.4, 0.5) is 0 Å². The Bertz CT molecular complexity index is 863. The molecule has 2 N–H and O–H groups in total. The molecule has 7 nitrogen and oxygen atoms in total. The van der Waals surface area contributed by atoms with Crippen LogP contribution in [-0.2, 0) is 4.79 Å². The molecule has 144 valence electrons. The minimum atomic E-state index is -1.05. The molecule has 2 aromatic rings. The summed E-state index contributed by atoms with van der Waals surface area (Å²) in [6, 6.07) is 6.30. The Hall–Kier alpha value is -2.83. The molecule has 1 aromatic carbocycles. The average molecular weight is 372 g/mol. The predicted molar refractivity (Wildman–Crippen MR) is 97.9 cm³/mol. The number of nitrogens with zero attached hydrogens (tertiary/aromatic N) is 2. The van der Waals surface area contributed by atoms with Gasteiger partial charge in [-0.25, -0.2) is 14.1 Å². The average Bonchev–Trinajstić information content (AvgIpc) is 3.23. The number of hydrogen-bond donors (Lipinski definition) is 2. The Balaban J connectivity index is 2.14. The molecule has 0 aliphatic heterocycles. The van der Waals surface area contributed by atoms with Crippen molar-refractivity contribution in [3.8, 4) is 0 Å². The van der Waals surface area contributed by atoms with Crippen molar-refractivity contribution in [2.45, 2.75) is 57.9 Å². The third-order valence-corrected chi connectivity index (χ3v) is 5.58. The molecular weight excluding hydrogens is 348 g/mol. The van der Waals surface area contributed by atoms with Gasteiger partial charge in [-0.1, -0.05) is 12.1 Å². The van der Waals surface area contributed by atoms with Crippen LogP contribution in [0.15, 0.2) is 24.3 Å². The highest BCUT2D eigenvalue weighted by Gasteiger charge is 2.36. The van der Waals surface area contributed by atoms with Gasteiger partial charge in [0, 0.05) is 13.8 Å². The molecule has 0 spiro atoms. The molecule has 0 bridgehead atoms. The van der Waals surface area contributed by atoms with Gasteiger partial charge in [0.15, 0.2) is 0 Å². The van der Waals surface area contributed by atoms with E-state index in [-0.39, 0.29) is 18.0 Å². The Morgan fingerprint density at radius 1 is 1.19 bits per heavy atom. The van der Waals surface area contributed by atoms with Crippen molar-refractivity contribution in [1.82, 2.24) is 4.57 Å². The van der Waals surface area contributed by atoms with Gasteiger partial charge in [0.1, 0.15) is 17.4 Å². The number of carboxylic acid groups (broad SMARTS) is 2. The first-order valence-electron chi connectivity index (χ1n) is 9.17. The molecule has 0 radical (unpaired) electrons. The maximum Gasteiger partial charge on any atom is 0.335 e. The van der Waals surface area contributed by atoms with Crippen LogP contribution in [0.25, 0.3) is 0 Å². The summed E-state index contributed by atoms with van der Waals surface area (Å²) in [6.07, 6.45) is 3.90. The zero-order valence-corrected chi connectivity index (χ0v) is 15.5. The number of aromatic carboxylic acids is 1. The summed E-state index contributed by atoms with van der Waals surface area (Å²) in [5.74, 6) is -2.26. The minimum Gasteiger partial charge on any atom is -0.711 e. The van der Waals surface area contributed by atoms with Crippen LogP contribution in [0.2, 0.25) is 0 Å². The summed E-state index contributed by atoms with van der Waals surface area (Å²) in [4.78, 5) is 22.7. The topological polar surface area (TPSA) is 106 Å². The van der Waals surface area contributed by atoms with Gasteiger partial charge in [-0.3, -0.25) is 4.79 Å². The van der Waals surface area contributed by atoms with Gasteiger partial charge in [-0.15, -0.1) is 0 Å². The Kier molecular flexibility index (Phi) is 5.21. The SMILES string of the molecule is Cc1c(C)[n+]([O-])c(C(CC(=O)O)c2ccc(C(=O)O)cc2)n1C1CCCC1. The predicted octanol–water partition coefficient (Wildman–Crippen LogP) is 3.16. The number of carbonyl (C=O) groups is 2. The molecule has 1 aromatic heterocycles. The Morgan fingerprint density at radius 3 is 2.30 bits per heavy atom. The summed E-state index contributed by atoms with van der Waals surface area (Å²) < 4.78 is 2.88. The molecule has 1 saturated carbocycles. The van der Waals surface area contributed by atoms with Crippen molar-refractivity contribution in [3.63, 3.8) is 0 Å². The maximum atomic E-state index is 12.9. The monoisotopic (exact) mass is 372 g/mol. The number of rotatable bonds is 6. The van der Waals surface area contributed by atoms with E-state index in [1.165, 1.54) is 12.1 Å². The zero-order chi connectivity index (χ0) is 19.7. The van der Waals surface area contributed by atoms with Gasteiger partial charge in [0.05, 0.1) is 17.9 Å². The molecule has 7 heteroatoms. The number of carboxylic acids is 2. The van der Waals surface area contributed by atoms with E-state index >= 15 is 0 Å². The quantitative estimate of drug-likeness (QED) is 0.598. The molecular formula is C20H24N2O5. The number of hydrogen-bond acceptors (Lipinski definition) is 3. The summed E-state index contributed by atoms with van der Waals surface area (Å²) in [6.45, 7) is 3.65. The van der Waals surface area contributed by atoms with E-state index in [9.17, 15) is 19.9 Å². The maximum absolute atomic E-state index is 12.9. The lowest BCUT2D eigenvalue weighted by Crippen LogP contribution is -2.36. The van der Waals surface area contributed by atoms with E-state index in [4.69, 9.17) is 5.11 Å². The van der Waals surface area contributed by atoms with Crippen LogP contribution in [0.5, 0.6) is 0 Å². The van der Waals surface area contributed by atoms with E-state index in [1.54, 1.807) is 19.1 Å². The second kappa shape index (κ2) is 7.42. The van der Waals surface area contributed by atoms with Gasteiger partial charge in [0.25, 0.3) is 5.82 Å². The van der Waals surface area contributed by atoms with Crippen LogP contribution in [0.1, 0.15) is 77.2 Å². The smallest absolute Gasteiger partial charge is 0.335 e. The van der Waals surface area contributed by atoms with Gasteiger partial charge >= 0.3 is 11.9 Å². The van der Waals surface area contributed by atoms with Crippen LogP contribution < -0.4 is 4.73 Å². The summed E-state index contributed by atoms with van der Waals surface area (Å²) >= 11 is 0. The number of aromatic nitrogens is 2. The van der Waals surface area contributed by atoms with Crippen LogP contribution >= 0.6 is 0 Å². The van der Waals surface area contributed by atoms with Crippen molar-refractivity contribution in [2.24, 2.45) is 0 Å². The lowest BCUT2D eigenvalue weighted by atomic mass is 9.93. The lowest BCUT2D eigenvalue weighted by Gasteiger charge is -2.19. The second-order valence-corrected chi connectivity index (χ2v) is 7.21. The fraction of sp³-hybridized carbons (Fsp3) is 0.450. The van der Waals surface area contributed by atoms with Crippen molar-refractivity contribution in [2.75, 3.05) is 0 Å². The molecule has 0 amide bonds. The highest BCUT2D eigenvalue weighted by molar-refractivity contribution is 5.87. The summed E-state index contributed by atoms with van der Waals surface area (Å²) in [5, 5.41) is 31.5. The van der Waals surface area contributed by atoms with Crippen molar-refractivity contribution in [3.05, 3.63) is 57.8 Å². The first-order chi connectivity index (χ1) is 12.8. The van der Waals surface area contributed by atoms with Gasteiger partial charge < -0.3 is 15.4 Å². The standard InChI is InChI=1S/C20H24N2O5/c1-12-13(2)22(27)19(21(12)16-5-3-4-6-16)17(11-18(23)24)14-7-9-15(10-8-14)20(25)26/h7-10,16-17H,3-6,11H2,1-2H3,(H,23,24)(H,25,26). The second-order valence-electron chi connectivity index (χ2n) is 7.21. The van der Waals surface area contributed by atoms with E-state index in [0.717, 1.165) is 36.1 Å². The summed E-state index contributed by atoms with van der Waals surface area (Å²) in [5.41, 5.74) is 2.20. The van der Waals surface area contributed by atoms with Crippen molar-refractivity contribution >= 4 is 11.9 Å². The third-order valence-electron chi connectivity index (χ3n) is 5.58. The highest BCUT2D eigenvalue weighted by atomic mass is 16.5. The normalized spacial score (nSPS) is 15.8. The molecule has 3 rings (SSSR count). The number of benzene rings is 1. The first kappa shape index (κ1) is 18.9. The number of imidazole rings is 1. The van der Waals surface area contributed by atoms with E-state index < -0.39 is 17.9 Å². The molecule has 1 unspecified atom stereocenters. The lowest BCUT2D eigenvalue weighted by molar-refractivity contribution is -0.621. The molecule has 1 atom stereocenters. The first-order valence-corrected chi connectivity index (χ1v) is 9.17. The van der Waals surface area contributed by atoms with Gasteiger partial charge in [-0.05, 0) is 43.4 Å². The number of aliphatic carboxylic acids is 1. The van der Waals surface area contributed by atoms with E-state index in [0.29, 0.717) is 17.1 Å². The van der Waals surface area contributed by atoms with Crippen LogP contribution in [-0.4, -0.2) is 26.7 Å². The summed E-state index contributed by atoms with van der Waals surface area (Å²) in [7, 11) is 0. The molecule has 1 aliphatic rings. The van der Waals surface area contributed by atoms with Crippen LogP contribution in [0.3, 0.4) is 0 Å². The zero-order valence-electron chi connectivity index (χ0n) is 15.5. The van der Waals surface area contributed by atoms with E-state index in [1.807, 2.05) is 11.5 Å². The molecule has 27 heavy (non-hydrogen) atoms. The third kappa shape index (κ3) is 3.54.